The summed E-state index contributed by atoms with van der Waals surface area (Å²) in [5.74, 6) is -5.44. The number of halogens is 9. The van der Waals surface area contributed by atoms with Crippen molar-refractivity contribution >= 4 is 208 Å². The number of hydrogen-bond donors (Lipinski definition) is 9. The molecule has 12 rings (SSSR count). The number of nitrogens with one attached hydrogen (secondary N) is 6. The summed E-state index contributed by atoms with van der Waals surface area (Å²) in [5, 5.41) is 52.6. The maximum atomic E-state index is 13.1. The van der Waals surface area contributed by atoms with Crippen LogP contribution in [0, 0.1) is 20.8 Å². The standard InChI is InChI=1S/C27H23BrCl2N4O5S.2C27H23Cl3N4O5S/c2*1-3-25(40(38,39)18-6-4-5-15(2)9-18)27(37)32-22-12-24(35)23(11-21(22)30)33-26(36)16-13-31-34(14-16)17-7-8-19(28)20(29)10-17;1-3-25(40(38,39)17-6-4-5-15(2)9-17)27(37)32-21-12-24(35)22(11-20(21)30)33-26(36)23-13-34(14-31-23)16-7-8-18(28)19(29)10-16/h3*4-14,25,35H,3H2,1-2H3,(H,32,37)(H,33,36). The first-order valence-electron chi connectivity index (χ1n) is 35.6. The number of sulfone groups is 3. The Hall–Kier alpha value is -10.5. The highest BCUT2D eigenvalue weighted by Crippen LogP contribution is 2.40. The number of aromatic hydroxyl groups is 3. The minimum atomic E-state index is -3.99. The highest BCUT2D eigenvalue weighted by atomic mass is 79.9. The number of carbonyl (C=O) groups excluding carboxylic acids is 6. The molecule has 9 aromatic carbocycles. The number of amides is 6. The lowest BCUT2D eigenvalue weighted by Crippen LogP contribution is -2.34. The van der Waals surface area contributed by atoms with Crippen molar-refractivity contribution in [3.8, 4) is 34.3 Å². The molecule has 120 heavy (non-hydrogen) atoms. The Morgan fingerprint density at radius 3 is 1.06 bits per heavy atom. The number of hydrogen-bond acceptors (Lipinski definition) is 18. The van der Waals surface area contributed by atoms with Crippen LogP contribution in [0.4, 0.5) is 34.1 Å². The van der Waals surface area contributed by atoms with Crippen molar-refractivity contribution in [2.24, 2.45) is 0 Å². The Kier molecular flexibility index (Phi) is 30.1. The number of anilines is 6. The Balaban J connectivity index is 0.000000189. The predicted molar refractivity (Wildman–Crippen MR) is 470 cm³/mol. The largest absolute Gasteiger partial charge is 0.506 e. The molecule has 3 unspecified atom stereocenters. The van der Waals surface area contributed by atoms with Gasteiger partial charge in [-0.2, -0.15) is 10.2 Å². The lowest BCUT2D eigenvalue weighted by molar-refractivity contribution is -0.116. The maximum Gasteiger partial charge on any atom is 0.275 e. The van der Waals surface area contributed by atoms with E-state index >= 15 is 0 Å². The number of phenolic OH excluding ortho intramolecular Hbond substituents is 3. The summed E-state index contributed by atoms with van der Waals surface area (Å²) < 4.78 is 83.9. The topological polar surface area (TPSA) is 391 Å². The Labute approximate surface area is 736 Å². The molecule has 39 heteroatoms. The molecule has 9 N–H and O–H groups in total. The van der Waals surface area contributed by atoms with E-state index in [0.717, 1.165) is 34.9 Å². The second kappa shape index (κ2) is 39.3. The van der Waals surface area contributed by atoms with Gasteiger partial charge in [-0.3, -0.25) is 28.8 Å². The number of nitrogens with zero attached hydrogens (tertiary/aromatic N) is 6. The molecule has 0 aliphatic rings. The van der Waals surface area contributed by atoms with Crippen LogP contribution >= 0.6 is 109 Å². The van der Waals surface area contributed by atoms with Crippen LogP contribution in [0.3, 0.4) is 0 Å². The first-order chi connectivity index (χ1) is 56.7. The van der Waals surface area contributed by atoms with Gasteiger partial charge in [-0.15, -0.1) is 0 Å². The second-order valence-corrected chi connectivity index (χ2v) is 37.0. The molecular formula is C81H69BrCl8N12O15S3. The molecule has 0 aliphatic carbocycles. The predicted octanol–water partition coefficient (Wildman–Crippen LogP) is 19.0. The van der Waals surface area contributed by atoms with E-state index in [1.807, 2.05) is 0 Å². The number of carbonyl (C=O) groups is 6. The van der Waals surface area contributed by atoms with Gasteiger partial charge in [0.1, 0.15) is 45.0 Å². The van der Waals surface area contributed by atoms with Gasteiger partial charge < -0.3 is 51.8 Å². The fraction of sp³-hybridized carbons (Fsp3) is 0.148. The molecule has 0 saturated carbocycles. The lowest BCUT2D eigenvalue weighted by Gasteiger charge is -2.18. The van der Waals surface area contributed by atoms with Crippen LogP contribution in [0.25, 0.3) is 17.1 Å². The van der Waals surface area contributed by atoms with E-state index in [-0.39, 0.29) is 100.0 Å². The van der Waals surface area contributed by atoms with Crippen LogP contribution in [-0.2, 0) is 43.9 Å². The van der Waals surface area contributed by atoms with E-state index in [9.17, 15) is 69.3 Å². The van der Waals surface area contributed by atoms with Crippen molar-refractivity contribution in [1.82, 2.24) is 29.1 Å². The molecule has 624 valence electrons. The van der Waals surface area contributed by atoms with Crippen molar-refractivity contribution in [1.29, 1.82) is 0 Å². The third kappa shape index (κ3) is 22.0. The molecule has 0 aliphatic heterocycles. The average molecular weight is 1910 g/mol. The van der Waals surface area contributed by atoms with Gasteiger partial charge in [-0.05, 0) is 182 Å². The van der Waals surface area contributed by atoms with Gasteiger partial charge in [-0.25, -0.2) is 39.6 Å². The monoisotopic (exact) mass is 1900 g/mol. The minimum absolute atomic E-state index is 0.00865. The smallest absolute Gasteiger partial charge is 0.275 e. The fourth-order valence-corrected chi connectivity index (χ4v) is 18.5. The molecule has 0 spiro atoms. The van der Waals surface area contributed by atoms with Gasteiger partial charge in [0, 0.05) is 46.9 Å². The van der Waals surface area contributed by atoms with Crippen LogP contribution in [0.1, 0.15) is 87.9 Å². The van der Waals surface area contributed by atoms with Crippen molar-refractivity contribution in [3.63, 3.8) is 0 Å². The summed E-state index contributed by atoms with van der Waals surface area (Å²) >= 11 is 52.4. The quantitative estimate of drug-likeness (QED) is 0.0254. The number of aryl methyl sites for hydroxylation is 3. The number of phenols is 3. The average Bonchev–Trinajstić information content (AvgIpc) is 1.10. The van der Waals surface area contributed by atoms with Crippen LogP contribution in [0.5, 0.6) is 17.2 Å². The Morgan fingerprint density at radius 1 is 0.383 bits per heavy atom. The minimum Gasteiger partial charge on any atom is -0.506 e. The normalized spacial score (nSPS) is 12.1. The van der Waals surface area contributed by atoms with Gasteiger partial charge in [0.05, 0.1) is 124 Å². The maximum absolute atomic E-state index is 13.1. The molecule has 0 saturated heterocycles. The zero-order chi connectivity index (χ0) is 87.6. The summed E-state index contributed by atoms with van der Waals surface area (Å²) in [6, 6.07) is 41.0. The van der Waals surface area contributed by atoms with E-state index < -0.39 is 98.0 Å². The van der Waals surface area contributed by atoms with E-state index in [2.05, 4.69) is 63.0 Å². The van der Waals surface area contributed by atoms with Crippen LogP contribution in [0.2, 0.25) is 40.2 Å². The van der Waals surface area contributed by atoms with E-state index in [0.29, 0.717) is 46.6 Å². The molecular weight excluding hydrogens is 1840 g/mol. The van der Waals surface area contributed by atoms with Gasteiger partial charge in [0.25, 0.3) is 17.7 Å². The van der Waals surface area contributed by atoms with Crippen LogP contribution in [-0.4, -0.2) is 121 Å². The van der Waals surface area contributed by atoms with Crippen LogP contribution < -0.4 is 31.9 Å². The molecule has 3 atom stereocenters. The molecule has 3 heterocycles. The molecule has 0 radical (unpaired) electrons. The highest BCUT2D eigenvalue weighted by molar-refractivity contribution is 9.10. The Morgan fingerprint density at radius 2 is 0.717 bits per heavy atom. The molecule has 0 fully saturated rings. The first kappa shape index (κ1) is 91.8. The number of imidazole rings is 1. The number of benzene rings is 9. The zero-order valence-corrected chi connectivity index (χ0v) is 73.5. The SMILES string of the molecule is CCC(C(=O)Nc1cc(O)c(NC(=O)c2cn(-c3ccc(Cl)c(Cl)c3)cn2)cc1Cl)S(=O)(=O)c1cccc(C)c1.CCC(C(=O)Nc1cc(O)c(NC(=O)c2cnn(-c3ccc(Br)c(Cl)c3)c2)cc1Cl)S(=O)(=O)c1cccc(C)c1.CCC(C(=O)Nc1cc(O)c(NC(=O)c2cnn(-c3ccc(Cl)c(Cl)c3)c2)cc1Cl)S(=O)(=O)c1cccc(C)c1. The van der Waals surface area contributed by atoms with Gasteiger partial charge >= 0.3 is 0 Å². The summed E-state index contributed by atoms with van der Waals surface area (Å²) in [6.07, 6.45) is 8.52. The molecule has 6 amide bonds. The van der Waals surface area contributed by atoms with Crippen molar-refractivity contribution in [2.45, 2.75) is 91.2 Å². The van der Waals surface area contributed by atoms with Crippen molar-refractivity contribution in [2.75, 3.05) is 31.9 Å². The summed E-state index contributed by atoms with van der Waals surface area (Å²) in [4.78, 5) is 81.6. The first-order valence-corrected chi connectivity index (χ1v) is 44.0. The molecule has 3 aromatic heterocycles. The van der Waals surface area contributed by atoms with Crippen molar-refractivity contribution in [3.05, 3.63) is 279 Å². The zero-order valence-electron chi connectivity index (χ0n) is 63.5. The summed E-state index contributed by atoms with van der Waals surface area (Å²) in [7, 11) is -12.0. The van der Waals surface area contributed by atoms with Crippen molar-refractivity contribution < 1.29 is 69.3 Å². The van der Waals surface area contributed by atoms with Gasteiger partial charge in [-0.1, -0.05) is 150 Å². The van der Waals surface area contributed by atoms with Crippen LogP contribution in [0.15, 0.2) is 220 Å². The second-order valence-electron chi connectivity index (χ2n) is 26.5. The lowest BCUT2D eigenvalue weighted by atomic mass is 10.2. The summed E-state index contributed by atoms with van der Waals surface area (Å²) in [6.45, 7) is 10.0. The number of rotatable bonds is 24. The Bertz CT molecular complexity index is 5770. The highest BCUT2D eigenvalue weighted by Gasteiger charge is 2.37. The van der Waals surface area contributed by atoms with E-state index in [4.69, 9.17) is 92.8 Å². The van der Waals surface area contributed by atoms with E-state index in [1.54, 1.807) is 137 Å². The van der Waals surface area contributed by atoms with Gasteiger partial charge in [0.2, 0.25) is 17.7 Å². The van der Waals surface area contributed by atoms with Gasteiger partial charge in [0.15, 0.2) is 29.5 Å². The molecule has 27 nitrogen and oxygen atoms in total. The molecule has 0 bridgehead atoms. The number of aromatic nitrogens is 6. The van der Waals surface area contributed by atoms with E-state index in [1.165, 1.54) is 101 Å². The third-order valence-electron chi connectivity index (χ3n) is 17.9. The molecule has 12 aromatic rings. The fourth-order valence-electron chi connectivity index (χ4n) is 11.6. The summed E-state index contributed by atoms with van der Waals surface area (Å²) in [5.41, 5.74) is 4.30. The third-order valence-corrected chi connectivity index (χ3v) is 28.2.